The molecule has 1 aliphatic rings. The second-order valence-corrected chi connectivity index (χ2v) is 12.6. The summed E-state index contributed by atoms with van der Waals surface area (Å²) in [4.78, 5) is 10.8. The molecule has 0 atom stereocenters. The zero-order valence-electron chi connectivity index (χ0n) is 21.2. The predicted octanol–water partition coefficient (Wildman–Crippen LogP) is 5.01. The maximum absolute atomic E-state index is 14.8. The van der Waals surface area contributed by atoms with Crippen molar-refractivity contribution >= 4 is 56.1 Å². The molecule has 1 aliphatic heterocycles. The Morgan fingerprint density at radius 2 is 1.73 bits per heavy atom. The Morgan fingerprint density at radius 1 is 1.05 bits per heavy atom. The minimum atomic E-state index is -3.66. The third-order valence-electron chi connectivity index (χ3n) is 5.91. The molecule has 1 fully saturated rings. The molecule has 0 unspecified atom stereocenters. The van der Waals surface area contributed by atoms with Crippen LogP contribution in [-0.4, -0.2) is 49.3 Å². The summed E-state index contributed by atoms with van der Waals surface area (Å²) in [6.07, 6.45) is 1.64. The van der Waals surface area contributed by atoms with E-state index in [1.54, 1.807) is 57.3 Å². The molecule has 4 rings (SSSR count). The average molecular weight is 548 g/mol. The SMILES string of the molecule is Cc1cnc(Nc2ccc(N3CCNCC3)c(F)c2)nc1Nc1ccc(Cl)c(NS(=O)(=O)C(C)(C)C)c1. The van der Waals surface area contributed by atoms with Crippen molar-refractivity contribution in [1.29, 1.82) is 0 Å². The van der Waals surface area contributed by atoms with Gasteiger partial charge in [-0.3, -0.25) is 4.72 Å². The summed E-state index contributed by atoms with van der Waals surface area (Å²) in [6.45, 7) is 9.81. The summed E-state index contributed by atoms with van der Waals surface area (Å²) in [5.41, 5.74) is 2.69. The van der Waals surface area contributed by atoms with Gasteiger partial charge in [0, 0.05) is 49.3 Å². The second-order valence-electron chi connectivity index (χ2n) is 9.79. The van der Waals surface area contributed by atoms with Crippen molar-refractivity contribution in [3.05, 3.63) is 59.0 Å². The van der Waals surface area contributed by atoms with Gasteiger partial charge in [0.05, 0.1) is 21.1 Å². The van der Waals surface area contributed by atoms with Crippen molar-refractivity contribution in [2.45, 2.75) is 32.4 Å². The summed E-state index contributed by atoms with van der Waals surface area (Å²) < 4.78 is 41.6. The molecule has 0 bridgehead atoms. The van der Waals surface area contributed by atoms with E-state index in [1.165, 1.54) is 6.07 Å². The van der Waals surface area contributed by atoms with Crippen LogP contribution in [0.5, 0.6) is 0 Å². The second kappa shape index (κ2) is 10.7. The van der Waals surface area contributed by atoms with E-state index in [-0.39, 0.29) is 22.5 Å². The van der Waals surface area contributed by atoms with Gasteiger partial charge in [-0.1, -0.05) is 11.6 Å². The number of halogens is 2. The molecular formula is C25H31ClFN7O2S. The normalized spacial score (nSPS) is 14.4. The lowest BCUT2D eigenvalue weighted by atomic mass is 10.2. The van der Waals surface area contributed by atoms with Gasteiger partial charge in [0.1, 0.15) is 11.6 Å². The Kier molecular flexibility index (Phi) is 7.77. The summed E-state index contributed by atoms with van der Waals surface area (Å²) in [5.74, 6) is 0.469. The van der Waals surface area contributed by atoms with E-state index in [4.69, 9.17) is 11.6 Å². The van der Waals surface area contributed by atoms with Crippen LogP contribution in [0.2, 0.25) is 5.02 Å². The van der Waals surface area contributed by atoms with Gasteiger partial charge in [-0.05, 0) is 64.1 Å². The van der Waals surface area contributed by atoms with E-state index in [0.717, 1.165) is 31.7 Å². The highest BCUT2D eigenvalue weighted by atomic mass is 35.5. The van der Waals surface area contributed by atoms with E-state index < -0.39 is 14.8 Å². The summed E-state index contributed by atoms with van der Waals surface area (Å²) in [5, 5.41) is 9.76. The molecule has 1 saturated heterocycles. The van der Waals surface area contributed by atoms with Gasteiger partial charge in [0.25, 0.3) is 0 Å². The maximum Gasteiger partial charge on any atom is 0.237 e. The molecule has 2 heterocycles. The molecule has 0 saturated carbocycles. The first-order valence-corrected chi connectivity index (χ1v) is 13.7. The first kappa shape index (κ1) is 26.9. The monoisotopic (exact) mass is 547 g/mol. The van der Waals surface area contributed by atoms with Crippen LogP contribution in [0.1, 0.15) is 26.3 Å². The van der Waals surface area contributed by atoms with Crippen molar-refractivity contribution in [3.63, 3.8) is 0 Å². The van der Waals surface area contributed by atoms with Crippen LogP contribution in [0.25, 0.3) is 0 Å². The highest BCUT2D eigenvalue weighted by molar-refractivity contribution is 7.94. The number of rotatable bonds is 7. The number of piperazine rings is 1. The zero-order valence-corrected chi connectivity index (χ0v) is 22.8. The fourth-order valence-electron chi connectivity index (χ4n) is 3.62. The number of nitrogens with zero attached hydrogens (tertiary/aromatic N) is 3. The van der Waals surface area contributed by atoms with E-state index in [0.29, 0.717) is 22.9 Å². The molecule has 2 aromatic carbocycles. The van der Waals surface area contributed by atoms with Crippen LogP contribution >= 0.6 is 11.6 Å². The Morgan fingerprint density at radius 3 is 2.41 bits per heavy atom. The third kappa shape index (κ3) is 6.41. The van der Waals surface area contributed by atoms with Gasteiger partial charge in [0.2, 0.25) is 16.0 Å². The zero-order chi connectivity index (χ0) is 26.8. The third-order valence-corrected chi connectivity index (χ3v) is 8.34. The lowest BCUT2D eigenvalue weighted by Crippen LogP contribution is -2.43. The lowest BCUT2D eigenvalue weighted by Gasteiger charge is -2.29. The Hall–Kier alpha value is -3.15. The molecule has 1 aromatic heterocycles. The first-order chi connectivity index (χ1) is 17.4. The number of anilines is 6. The number of hydrogen-bond acceptors (Lipinski definition) is 8. The molecule has 0 radical (unpaired) electrons. The average Bonchev–Trinajstić information content (AvgIpc) is 2.83. The predicted molar refractivity (Wildman–Crippen MR) is 149 cm³/mol. The topological polar surface area (TPSA) is 111 Å². The van der Waals surface area contributed by atoms with Crippen molar-refractivity contribution in [1.82, 2.24) is 15.3 Å². The number of aryl methyl sites for hydroxylation is 1. The number of hydrogen-bond donors (Lipinski definition) is 4. The van der Waals surface area contributed by atoms with Gasteiger partial charge in [-0.25, -0.2) is 17.8 Å². The standard InChI is InChI=1S/C25H31ClFN7O2S/c1-16-15-29-24(31-17-6-8-22(20(27)13-17)34-11-9-28-10-12-34)32-23(16)30-18-5-7-19(26)21(14-18)33-37(35,36)25(2,3)4/h5-8,13-15,28,33H,9-12H2,1-4H3,(H2,29,30,31,32). The molecule has 4 N–H and O–H groups in total. The number of benzene rings is 2. The van der Waals surface area contributed by atoms with Gasteiger partial charge in [-0.15, -0.1) is 0 Å². The van der Waals surface area contributed by atoms with Crippen molar-refractivity contribution in [2.75, 3.05) is 46.4 Å². The van der Waals surface area contributed by atoms with Crippen LogP contribution in [-0.2, 0) is 10.0 Å². The van der Waals surface area contributed by atoms with E-state index in [9.17, 15) is 12.8 Å². The lowest BCUT2D eigenvalue weighted by molar-refractivity contribution is 0.566. The molecule has 0 amide bonds. The van der Waals surface area contributed by atoms with Gasteiger partial charge >= 0.3 is 0 Å². The van der Waals surface area contributed by atoms with Gasteiger partial charge < -0.3 is 20.9 Å². The first-order valence-electron chi connectivity index (χ1n) is 11.9. The molecule has 198 valence electrons. The number of sulfonamides is 1. The highest BCUT2D eigenvalue weighted by Crippen LogP contribution is 2.31. The number of nitrogens with one attached hydrogen (secondary N) is 4. The van der Waals surface area contributed by atoms with Crippen LogP contribution in [0, 0.1) is 12.7 Å². The highest BCUT2D eigenvalue weighted by Gasteiger charge is 2.29. The largest absolute Gasteiger partial charge is 0.367 e. The van der Waals surface area contributed by atoms with E-state index >= 15 is 0 Å². The Balaban J connectivity index is 1.52. The van der Waals surface area contributed by atoms with Crippen LogP contribution < -0.4 is 25.6 Å². The molecule has 37 heavy (non-hydrogen) atoms. The maximum atomic E-state index is 14.8. The minimum Gasteiger partial charge on any atom is -0.367 e. The summed E-state index contributed by atoms with van der Waals surface area (Å²) >= 11 is 6.25. The molecule has 0 aliphatic carbocycles. The van der Waals surface area contributed by atoms with E-state index in [1.807, 2.05) is 11.8 Å². The van der Waals surface area contributed by atoms with E-state index in [2.05, 4.69) is 30.6 Å². The fourth-order valence-corrected chi connectivity index (χ4v) is 4.61. The Bertz CT molecular complexity index is 1390. The minimum absolute atomic E-state index is 0.256. The molecular weight excluding hydrogens is 517 g/mol. The quantitative estimate of drug-likeness (QED) is 0.326. The van der Waals surface area contributed by atoms with Gasteiger partial charge in [0.15, 0.2) is 0 Å². The van der Waals surface area contributed by atoms with Crippen LogP contribution in [0.15, 0.2) is 42.6 Å². The Labute approximate surface area is 221 Å². The summed E-state index contributed by atoms with van der Waals surface area (Å²) in [6, 6.07) is 9.90. The smallest absolute Gasteiger partial charge is 0.237 e. The van der Waals surface area contributed by atoms with Crippen molar-refractivity contribution in [3.8, 4) is 0 Å². The molecule has 9 nitrogen and oxygen atoms in total. The number of aromatic nitrogens is 2. The van der Waals surface area contributed by atoms with Crippen molar-refractivity contribution in [2.24, 2.45) is 0 Å². The molecule has 0 spiro atoms. The van der Waals surface area contributed by atoms with Crippen LogP contribution in [0.4, 0.5) is 38.9 Å². The fraction of sp³-hybridized carbons (Fsp3) is 0.360. The molecule has 12 heteroatoms. The van der Waals surface area contributed by atoms with Crippen LogP contribution in [0.3, 0.4) is 0 Å². The van der Waals surface area contributed by atoms with Gasteiger partial charge in [-0.2, -0.15) is 4.98 Å². The molecule has 3 aromatic rings. The van der Waals surface area contributed by atoms with Crippen molar-refractivity contribution < 1.29 is 12.8 Å². The summed E-state index contributed by atoms with van der Waals surface area (Å²) in [7, 11) is -3.66.